The van der Waals surface area contributed by atoms with Gasteiger partial charge < -0.3 is 4.74 Å². The van der Waals surface area contributed by atoms with Gasteiger partial charge in [0.2, 0.25) is 0 Å². The molecule has 1 heterocycles. The Bertz CT molecular complexity index is 584. The Kier molecular flexibility index (Phi) is 5.46. The van der Waals surface area contributed by atoms with Gasteiger partial charge in [-0.1, -0.05) is 31.2 Å². The van der Waals surface area contributed by atoms with Gasteiger partial charge in [0.1, 0.15) is 0 Å². The second-order valence-corrected chi connectivity index (χ2v) is 4.77. The van der Waals surface area contributed by atoms with Crippen LogP contribution in [0.4, 0.5) is 0 Å². The summed E-state index contributed by atoms with van der Waals surface area (Å²) in [4.78, 5) is 18.4. The van der Waals surface area contributed by atoms with E-state index in [-0.39, 0.29) is 5.97 Å². The molecule has 0 fully saturated rings. The summed E-state index contributed by atoms with van der Waals surface area (Å²) in [5.74, 6) is -0.292. The van der Waals surface area contributed by atoms with Gasteiger partial charge in [0.25, 0.3) is 0 Å². The normalized spacial score (nSPS) is 10.6. The number of methoxy groups -OCH3 is 1. The van der Waals surface area contributed by atoms with Gasteiger partial charge in [0.15, 0.2) is 0 Å². The molecule has 0 N–H and O–H groups in total. The maximum absolute atomic E-state index is 11.8. The van der Waals surface area contributed by atoms with Gasteiger partial charge in [0.05, 0.1) is 18.4 Å². The average Bonchev–Trinajstić information content (AvgIpc) is 2.55. The molecule has 0 saturated carbocycles. The van der Waals surface area contributed by atoms with Gasteiger partial charge in [-0.25, -0.2) is 4.79 Å². The molecule has 0 aliphatic carbocycles. The average molecular weight is 284 g/mol. The molecular weight excluding hydrogens is 264 g/mol. The summed E-state index contributed by atoms with van der Waals surface area (Å²) in [7, 11) is 1.41. The van der Waals surface area contributed by atoms with E-state index in [1.54, 1.807) is 12.3 Å². The van der Waals surface area contributed by atoms with E-state index < -0.39 is 0 Å². The second-order valence-electron chi connectivity index (χ2n) is 4.77. The molecule has 4 nitrogen and oxygen atoms in total. The lowest BCUT2D eigenvalue weighted by Crippen LogP contribution is -2.24. The molecule has 0 saturated heterocycles. The fraction of sp³-hybridized carbons (Fsp3) is 0.294. The van der Waals surface area contributed by atoms with Gasteiger partial charge in [-0.3, -0.25) is 9.88 Å². The van der Waals surface area contributed by atoms with Crippen LogP contribution in [0.5, 0.6) is 0 Å². The van der Waals surface area contributed by atoms with E-state index in [1.807, 2.05) is 36.4 Å². The lowest BCUT2D eigenvalue weighted by molar-refractivity contribution is 0.0598. The molecule has 0 aliphatic heterocycles. The van der Waals surface area contributed by atoms with E-state index in [2.05, 4.69) is 16.8 Å². The Labute approximate surface area is 125 Å². The van der Waals surface area contributed by atoms with Crippen LogP contribution < -0.4 is 0 Å². The van der Waals surface area contributed by atoms with Crippen LogP contribution in [0.3, 0.4) is 0 Å². The van der Waals surface area contributed by atoms with Gasteiger partial charge in [0, 0.05) is 19.3 Å². The molecule has 0 amide bonds. The van der Waals surface area contributed by atoms with Gasteiger partial charge in [-0.2, -0.15) is 0 Å². The Morgan fingerprint density at radius 3 is 2.57 bits per heavy atom. The number of benzene rings is 1. The SMILES string of the molecule is CCN(Cc1ccccn1)Cc1ccccc1C(=O)OC. The van der Waals surface area contributed by atoms with Gasteiger partial charge in [-0.05, 0) is 30.3 Å². The quantitative estimate of drug-likeness (QED) is 0.765. The van der Waals surface area contributed by atoms with Crippen molar-refractivity contribution in [3.8, 4) is 0 Å². The highest BCUT2D eigenvalue weighted by atomic mass is 16.5. The third-order valence-electron chi connectivity index (χ3n) is 3.38. The lowest BCUT2D eigenvalue weighted by atomic mass is 10.1. The first-order valence-corrected chi connectivity index (χ1v) is 7.03. The number of aromatic nitrogens is 1. The summed E-state index contributed by atoms with van der Waals surface area (Å²) in [6.07, 6.45) is 1.80. The van der Waals surface area contributed by atoms with Gasteiger partial charge in [-0.15, -0.1) is 0 Å². The van der Waals surface area contributed by atoms with E-state index in [1.165, 1.54) is 7.11 Å². The van der Waals surface area contributed by atoms with Crippen molar-refractivity contribution in [2.75, 3.05) is 13.7 Å². The summed E-state index contributed by atoms with van der Waals surface area (Å²) in [5, 5.41) is 0. The minimum Gasteiger partial charge on any atom is -0.465 e. The molecule has 2 rings (SSSR count). The van der Waals surface area contributed by atoms with Crippen molar-refractivity contribution >= 4 is 5.97 Å². The summed E-state index contributed by atoms with van der Waals surface area (Å²) >= 11 is 0. The minimum atomic E-state index is -0.292. The van der Waals surface area contributed by atoms with Crippen LogP contribution in [0.2, 0.25) is 0 Å². The Morgan fingerprint density at radius 1 is 1.14 bits per heavy atom. The zero-order valence-electron chi connectivity index (χ0n) is 12.5. The topological polar surface area (TPSA) is 42.4 Å². The van der Waals surface area contributed by atoms with Gasteiger partial charge >= 0.3 is 5.97 Å². The number of hydrogen-bond donors (Lipinski definition) is 0. The Hall–Kier alpha value is -2.20. The number of esters is 1. The zero-order valence-corrected chi connectivity index (χ0v) is 12.5. The van der Waals surface area contributed by atoms with Crippen molar-refractivity contribution in [2.45, 2.75) is 20.0 Å². The fourth-order valence-corrected chi connectivity index (χ4v) is 2.21. The van der Waals surface area contributed by atoms with Crippen LogP contribution in [0.25, 0.3) is 0 Å². The van der Waals surface area contributed by atoms with E-state index in [0.29, 0.717) is 12.1 Å². The van der Waals surface area contributed by atoms with Crippen LogP contribution in [0, 0.1) is 0 Å². The molecule has 0 unspecified atom stereocenters. The van der Waals surface area contributed by atoms with Crippen LogP contribution in [-0.4, -0.2) is 29.5 Å². The molecule has 1 aromatic heterocycles. The number of hydrogen-bond acceptors (Lipinski definition) is 4. The minimum absolute atomic E-state index is 0.292. The number of rotatable bonds is 6. The molecule has 0 atom stereocenters. The monoisotopic (exact) mass is 284 g/mol. The molecule has 110 valence electrons. The van der Waals surface area contributed by atoms with Crippen molar-refractivity contribution in [3.63, 3.8) is 0 Å². The Morgan fingerprint density at radius 2 is 1.90 bits per heavy atom. The van der Waals surface area contributed by atoms with E-state index >= 15 is 0 Å². The number of nitrogens with zero attached hydrogens (tertiary/aromatic N) is 2. The molecule has 0 radical (unpaired) electrons. The summed E-state index contributed by atoms with van der Waals surface area (Å²) in [6.45, 7) is 4.43. The maximum atomic E-state index is 11.8. The summed E-state index contributed by atoms with van der Waals surface area (Å²) in [5.41, 5.74) is 2.62. The standard InChI is InChI=1S/C17H20N2O2/c1-3-19(13-15-9-6-7-11-18-15)12-14-8-4-5-10-16(14)17(20)21-2/h4-11H,3,12-13H2,1-2H3. The summed E-state index contributed by atoms with van der Waals surface area (Å²) in [6, 6.07) is 13.5. The van der Waals surface area contributed by atoms with Crippen molar-refractivity contribution < 1.29 is 9.53 Å². The first-order valence-electron chi connectivity index (χ1n) is 7.03. The van der Waals surface area contributed by atoms with E-state index in [9.17, 15) is 4.79 Å². The number of ether oxygens (including phenoxy) is 1. The zero-order chi connectivity index (χ0) is 15.1. The molecule has 4 heteroatoms. The van der Waals surface area contributed by atoms with Crippen molar-refractivity contribution in [3.05, 3.63) is 65.5 Å². The largest absolute Gasteiger partial charge is 0.465 e. The van der Waals surface area contributed by atoms with Crippen LogP contribution in [-0.2, 0) is 17.8 Å². The van der Waals surface area contributed by atoms with E-state index in [4.69, 9.17) is 4.74 Å². The second kappa shape index (κ2) is 7.55. The van der Waals surface area contributed by atoms with Crippen molar-refractivity contribution in [2.24, 2.45) is 0 Å². The highest BCUT2D eigenvalue weighted by Crippen LogP contribution is 2.14. The fourth-order valence-electron chi connectivity index (χ4n) is 2.21. The third kappa shape index (κ3) is 4.13. The summed E-state index contributed by atoms with van der Waals surface area (Å²) < 4.78 is 4.84. The highest BCUT2D eigenvalue weighted by Gasteiger charge is 2.13. The van der Waals surface area contributed by atoms with Crippen LogP contribution >= 0.6 is 0 Å². The van der Waals surface area contributed by atoms with Crippen molar-refractivity contribution in [1.29, 1.82) is 0 Å². The maximum Gasteiger partial charge on any atom is 0.338 e. The molecule has 21 heavy (non-hydrogen) atoms. The molecule has 0 bridgehead atoms. The van der Waals surface area contributed by atoms with Crippen LogP contribution in [0.15, 0.2) is 48.7 Å². The first kappa shape index (κ1) is 15.2. The highest BCUT2D eigenvalue weighted by molar-refractivity contribution is 5.90. The molecule has 0 aliphatic rings. The number of carbonyl (C=O) groups is 1. The number of pyridine rings is 1. The molecule has 2 aromatic rings. The van der Waals surface area contributed by atoms with Crippen LogP contribution in [0.1, 0.15) is 28.5 Å². The lowest BCUT2D eigenvalue weighted by Gasteiger charge is -2.21. The van der Waals surface area contributed by atoms with E-state index in [0.717, 1.165) is 24.3 Å². The molecular formula is C17H20N2O2. The Balaban J connectivity index is 2.13. The number of carbonyl (C=O) groups excluding carboxylic acids is 1. The molecule has 1 aromatic carbocycles. The smallest absolute Gasteiger partial charge is 0.338 e. The first-order chi connectivity index (χ1) is 10.2. The third-order valence-corrected chi connectivity index (χ3v) is 3.38. The van der Waals surface area contributed by atoms with Crippen molar-refractivity contribution in [1.82, 2.24) is 9.88 Å². The predicted octanol–water partition coefficient (Wildman–Crippen LogP) is 2.89. The predicted molar refractivity (Wildman–Crippen MR) is 81.8 cm³/mol. The molecule has 0 spiro atoms.